The Balaban J connectivity index is 1.43. The number of thiazole rings is 1. The normalized spacial score (nSPS) is 16.9. The summed E-state index contributed by atoms with van der Waals surface area (Å²) < 4.78 is 1.04. The zero-order valence-corrected chi connectivity index (χ0v) is 16.3. The highest BCUT2D eigenvalue weighted by atomic mass is 35.5. The number of halogens is 1. The molecule has 0 bridgehead atoms. The van der Waals surface area contributed by atoms with Crippen LogP contribution < -0.4 is 5.32 Å². The molecule has 1 N–H and O–H groups in total. The first-order valence-corrected chi connectivity index (χ1v) is 9.88. The van der Waals surface area contributed by atoms with Crippen LogP contribution >= 0.6 is 22.9 Å². The topological polar surface area (TPSA) is 62.3 Å². The van der Waals surface area contributed by atoms with E-state index in [-0.39, 0.29) is 24.2 Å². The Morgan fingerprint density at radius 2 is 2.15 bits per heavy atom. The third kappa shape index (κ3) is 3.82. The van der Waals surface area contributed by atoms with E-state index in [9.17, 15) is 9.59 Å². The number of nitrogens with zero attached hydrogens (tertiary/aromatic N) is 2. The number of amides is 2. The van der Waals surface area contributed by atoms with Gasteiger partial charge in [0.15, 0.2) is 0 Å². The average molecular weight is 400 g/mol. The van der Waals surface area contributed by atoms with Gasteiger partial charge in [-0.3, -0.25) is 9.59 Å². The number of anilines is 1. The van der Waals surface area contributed by atoms with Crippen molar-refractivity contribution >= 4 is 50.7 Å². The molecule has 0 saturated carbocycles. The van der Waals surface area contributed by atoms with Crippen molar-refractivity contribution in [3.05, 3.63) is 58.1 Å². The van der Waals surface area contributed by atoms with E-state index in [4.69, 9.17) is 11.6 Å². The molecule has 2 amide bonds. The summed E-state index contributed by atoms with van der Waals surface area (Å²) in [6.07, 6.45) is 0.220. The van der Waals surface area contributed by atoms with E-state index < -0.39 is 0 Å². The molecule has 3 aromatic rings. The third-order valence-corrected chi connectivity index (χ3v) is 5.97. The lowest BCUT2D eigenvalue weighted by Gasteiger charge is -2.17. The van der Waals surface area contributed by atoms with E-state index >= 15 is 0 Å². The SMILES string of the molecule is Cc1nc2ccc(NC(=O)[C@@H]3CC(=O)N(Cc4ccccc4Cl)C3)cc2s1. The Hall–Kier alpha value is -2.44. The smallest absolute Gasteiger partial charge is 0.229 e. The molecular weight excluding hydrogens is 382 g/mol. The zero-order valence-electron chi connectivity index (χ0n) is 14.7. The molecule has 27 heavy (non-hydrogen) atoms. The van der Waals surface area contributed by atoms with E-state index in [0.29, 0.717) is 18.1 Å². The van der Waals surface area contributed by atoms with Crippen molar-refractivity contribution in [2.24, 2.45) is 5.92 Å². The van der Waals surface area contributed by atoms with Crippen LogP contribution in [0.1, 0.15) is 17.0 Å². The summed E-state index contributed by atoms with van der Waals surface area (Å²) in [7, 11) is 0. The van der Waals surface area contributed by atoms with Gasteiger partial charge >= 0.3 is 0 Å². The molecular formula is C20H18ClN3O2S. The second-order valence-corrected chi connectivity index (χ2v) is 8.31. The molecule has 2 aromatic carbocycles. The minimum Gasteiger partial charge on any atom is -0.337 e. The van der Waals surface area contributed by atoms with Gasteiger partial charge in [0, 0.05) is 30.2 Å². The monoisotopic (exact) mass is 399 g/mol. The average Bonchev–Trinajstić information content (AvgIpc) is 3.18. The van der Waals surface area contributed by atoms with Crippen molar-refractivity contribution in [1.29, 1.82) is 0 Å². The van der Waals surface area contributed by atoms with Gasteiger partial charge in [-0.2, -0.15) is 0 Å². The highest BCUT2D eigenvalue weighted by molar-refractivity contribution is 7.18. The summed E-state index contributed by atoms with van der Waals surface area (Å²) in [6.45, 7) is 2.78. The fraction of sp³-hybridized carbons (Fsp3) is 0.250. The highest BCUT2D eigenvalue weighted by Crippen LogP contribution is 2.27. The summed E-state index contributed by atoms with van der Waals surface area (Å²) in [5, 5.41) is 4.56. The molecule has 1 aliphatic rings. The lowest BCUT2D eigenvalue weighted by Crippen LogP contribution is -2.28. The van der Waals surface area contributed by atoms with Gasteiger partial charge in [0.25, 0.3) is 0 Å². The number of hydrogen-bond donors (Lipinski definition) is 1. The minimum atomic E-state index is -0.362. The molecule has 7 heteroatoms. The van der Waals surface area contributed by atoms with Gasteiger partial charge in [0.05, 0.1) is 21.1 Å². The summed E-state index contributed by atoms with van der Waals surface area (Å²) in [6, 6.07) is 13.1. The van der Waals surface area contributed by atoms with Gasteiger partial charge in [-0.1, -0.05) is 29.8 Å². The first-order valence-electron chi connectivity index (χ1n) is 8.69. The minimum absolute atomic E-state index is 0.0244. The number of rotatable bonds is 4. The van der Waals surface area contributed by atoms with Gasteiger partial charge in [-0.25, -0.2) is 4.98 Å². The number of nitrogens with one attached hydrogen (secondary N) is 1. The molecule has 0 unspecified atom stereocenters. The first-order chi connectivity index (χ1) is 13.0. The molecule has 0 radical (unpaired) electrons. The standard InChI is InChI=1S/C20H18ClN3O2S/c1-12-22-17-7-6-15(9-18(17)27-12)23-20(26)14-8-19(25)24(11-14)10-13-4-2-3-5-16(13)21/h2-7,9,14H,8,10-11H2,1H3,(H,23,26)/t14-/m1/s1. The van der Waals surface area contributed by atoms with Crippen molar-refractivity contribution in [2.75, 3.05) is 11.9 Å². The fourth-order valence-corrected chi connectivity index (χ4v) is 4.36. The van der Waals surface area contributed by atoms with Crippen molar-refractivity contribution in [1.82, 2.24) is 9.88 Å². The second kappa shape index (κ2) is 7.29. The molecule has 1 fully saturated rings. The van der Waals surface area contributed by atoms with E-state index in [1.165, 1.54) is 0 Å². The van der Waals surface area contributed by atoms with Crippen LogP contribution in [0.4, 0.5) is 5.69 Å². The Morgan fingerprint density at radius 1 is 1.33 bits per heavy atom. The number of aryl methyl sites for hydroxylation is 1. The molecule has 2 heterocycles. The predicted octanol–water partition coefficient (Wildman–Crippen LogP) is 4.25. The zero-order chi connectivity index (χ0) is 19.0. The molecule has 1 aromatic heterocycles. The van der Waals surface area contributed by atoms with Crippen LogP contribution in [-0.2, 0) is 16.1 Å². The maximum Gasteiger partial charge on any atom is 0.229 e. The second-order valence-electron chi connectivity index (χ2n) is 6.67. The Labute approximate surface area is 166 Å². The Kier molecular flexibility index (Phi) is 4.85. The number of carbonyl (C=O) groups excluding carboxylic acids is 2. The van der Waals surface area contributed by atoms with E-state index in [2.05, 4.69) is 10.3 Å². The Morgan fingerprint density at radius 3 is 2.96 bits per heavy atom. The first kappa shape index (κ1) is 17.9. The summed E-state index contributed by atoms with van der Waals surface area (Å²) in [4.78, 5) is 31.1. The fourth-order valence-electron chi connectivity index (χ4n) is 3.29. The molecule has 5 nitrogen and oxygen atoms in total. The predicted molar refractivity (Wildman–Crippen MR) is 108 cm³/mol. The molecule has 4 rings (SSSR count). The number of aromatic nitrogens is 1. The third-order valence-electron chi connectivity index (χ3n) is 4.67. The molecule has 1 aliphatic heterocycles. The maximum absolute atomic E-state index is 12.6. The number of likely N-dealkylation sites (tertiary alicyclic amines) is 1. The van der Waals surface area contributed by atoms with Crippen LogP contribution in [0.15, 0.2) is 42.5 Å². The van der Waals surface area contributed by atoms with Gasteiger partial charge in [0.2, 0.25) is 11.8 Å². The van der Waals surface area contributed by atoms with Gasteiger partial charge in [0.1, 0.15) is 0 Å². The van der Waals surface area contributed by atoms with Crippen LogP contribution in [0.3, 0.4) is 0 Å². The number of fused-ring (bicyclic) bond motifs is 1. The molecule has 138 valence electrons. The van der Waals surface area contributed by atoms with Gasteiger partial charge in [-0.15, -0.1) is 11.3 Å². The van der Waals surface area contributed by atoms with Crippen LogP contribution in [0.2, 0.25) is 5.02 Å². The largest absolute Gasteiger partial charge is 0.337 e. The van der Waals surface area contributed by atoms with Crippen molar-refractivity contribution < 1.29 is 9.59 Å². The van der Waals surface area contributed by atoms with Crippen molar-refractivity contribution in [3.63, 3.8) is 0 Å². The summed E-state index contributed by atoms with van der Waals surface area (Å²) in [5.74, 6) is -0.520. The number of hydrogen-bond acceptors (Lipinski definition) is 4. The van der Waals surface area contributed by atoms with Crippen LogP contribution in [0.25, 0.3) is 10.2 Å². The van der Waals surface area contributed by atoms with E-state index in [1.807, 2.05) is 43.3 Å². The quantitative estimate of drug-likeness (QED) is 0.713. The van der Waals surface area contributed by atoms with E-state index in [1.54, 1.807) is 22.3 Å². The van der Waals surface area contributed by atoms with Crippen LogP contribution in [0.5, 0.6) is 0 Å². The lowest BCUT2D eigenvalue weighted by molar-refractivity contribution is -0.128. The molecule has 0 spiro atoms. The molecule has 1 atom stereocenters. The van der Waals surface area contributed by atoms with Crippen molar-refractivity contribution in [2.45, 2.75) is 19.9 Å². The van der Waals surface area contributed by atoms with Gasteiger partial charge < -0.3 is 10.2 Å². The summed E-state index contributed by atoms with van der Waals surface area (Å²) in [5.41, 5.74) is 2.55. The number of carbonyl (C=O) groups is 2. The van der Waals surface area contributed by atoms with Crippen LogP contribution in [-0.4, -0.2) is 28.2 Å². The van der Waals surface area contributed by atoms with Crippen molar-refractivity contribution in [3.8, 4) is 0 Å². The number of benzene rings is 2. The maximum atomic E-state index is 12.6. The van der Waals surface area contributed by atoms with E-state index in [0.717, 1.165) is 26.5 Å². The lowest BCUT2D eigenvalue weighted by atomic mass is 10.1. The summed E-state index contributed by atoms with van der Waals surface area (Å²) >= 11 is 7.78. The van der Waals surface area contributed by atoms with Gasteiger partial charge in [-0.05, 0) is 36.8 Å². The molecule has 0 aliphatic carbocycles. The molecule has 1 saturated heterocycles. The Bertz CT molecular complexity index is 1030. The van der Waals surface area contributed by atoms with Crippen LogP contribution in [0, 0.1) is 12.8 Å². The highest BCUT2D eigenvalue weighted by Gasteiger charge is 2.34.